The van der Waals surface area contributed by atoms with Crippen LogP contribution in [0.5, 0.6) is 0 Å². The van der Waals surface area contributed by atoms with E-state index in [1.165, 1.54) is 31.5 Å². The summed E-state index contributed by atoms with van der Waals surface area (Å²) in [6, 6.07) is 3.00. The van der Waals surface area contributed by atoms with E-state index in [4.69, 9.17) is 5.11 Å². The minimum absolute atomic E-state index is 0.380. The van der Waals surface area contributed by atoms with E-state index in [0.717, 1.165) is 0 Å². The number of hydrogen-bond donors (Lipinski definition) is 1. The highest BCUT2D eigenvalue weighted by Crippen LogP contribution is 2.07. The first kappa shape index (κ1) is 9.38. The maximum atomic E-state index is 11.4. The van der Waals surface area contributed by atoms with Gasteiger partial charge in [-0.3, -0.25) is 14.6 Å². The van der Waals surface area contributed by atoms with Crippen LogP contribution in [-0.4, -0.2) is 21.8 Å². The number of pyridine rings is 1. The van der Waals surface area contributed by atoms with Gasteiger partial charge in [0.25, 0.3) is 0 Å². The molecule has 1 aromatic rings. The van der Waals surface area contributed by atoms with Gasteiger partial charge in [0.2, 0.25) is 0 Å². The Morgan fingerprint density at radius 3 is 2.38 bits per heavy atom. The first-order valence-electron chi connectivity index (χ1n) is 3.80. The smallest absolute Gasteiger partial charge is 0.314 e. The Morgan fingerprint density at radius 1 is 1.38 bits per heavy atom. The van der Waals surface area contributed by atoms with Gasteiger partial charge in [0, 0.05) is 18.0 Å². The van der Waals surface area contributed by atoms with Crippen molar-refractivity contribution in [2.24, 2.45) is 5.92 Å². The average molecular weight is 179 g/mol. The van der Waals surface area contributed by atoms with Gasteiger partial charge in [-0.05, 0) is 19.1 Å². The maximum Gasteiger partial charge on any atom is 0.314 e. The van der Waals surface area contributed by atoms with Gasteiger partial charge in [0.15, 0.2) is 5.78 Å². The van der Waals surface area contributed by atoms with Gasteiger partial charge < -0.3 is 5.11 Å². The highest BCUT2D eigenvalue weighted by Gasteiger charge is 2.21. The van der Waals surface area contributed by atoms with Crippen LogP contribution in [0.2, 0.25) is 0 Å². The van der Waals surface area contributed by atoms with Gasteiger partial charge in [0.05, 0.1) is 0 Å². The molecular weight excluding hydrogens is 170 g/mol. The van der Waals surface area contributed by atoms with Crippen molar-refractivity contribution in [3.05, 3.63) is 30.1 Å². The van der Waals surface area contributed by atoms with Gasteiger partial charge in [-0.1, -0.05) is 0 Å². The zero-order chi connectivity index (χ0) is 9.84. The number of rotatable bonds is 3. The molecule has 1 N–H and O–H groups in total. The molecule has 4 heteroatoms. The van der Waals surface area contributed by atoms with E-state index < -0.39 is 17.7 Å². The predicted molar refractivity (Wildman–Crippen MR) is 45.4 cm³/mol. The lowest BCUT2D eigenvalue weighted by Gasteiger charge is -2.03. The van der Waals surface area contributed by atoms with Crippen LogP contribution in [0, 0.1) is 5.92 Å². The second kappa shape index (κ2) is 3.80. The lowest BCUT2D eigenvalue weighted by Crippen LogP contribution is -2.20. The van der Waals surface area contributed by atoms with Crippen molar-refractivity contribution < 1.29 is 14.7 Å². The van der Waals surface area contributed by atoms with Gasteiger partial charge in [0.1, 0.15) is 5.92 Å². The van der Waals surface area contributed by atoms with Crippen LogP contribution in [0.3, 0.4) is 0 Å². The third kappa shape index (κ3) is 2.11. The largest absolute Gasteiger partial charge is 0.481 e. The summed E-state index contributed by atoms with van der Waals surface area (Å²) >= 11 is 0. The zero-order valence-corrected chi connectivity index (χ0v) is 7.10. The molecule has 0 bridgehead atoms. The molecule has 0 aliphatic heterocycles. The number of carbonyl (C=O) groups excluding carboxylic acids is 1. The molecule has 1 rings (SSSR count). The summed E-state index contributed by atoms with van der Waals surface area (Å²) in [6.45, 7) is 1.37. The van der Waals surface area contributed by atoms with E-state index in [1.807, 2.05) is 0 Å². The molecule has 1 unspecified atom stereocenters. The lowest BCUT2D eigenvalue weighted by molar-refractivity contribution is -0.139. The number of carbonyl (C=O) groups is 2. The predicted octanol–water partition coefficient (Wildman–Crippen LogP) is 0.985. The monoisotopic (exact) mass is 179 g/mol. The molecule has 1 atom stereocenters. The fraction of sp³-hybridized carbons (Fsp3) is 0.222. The third-order valence-electron chi connectivity index (χ3n) is 1.73. The summed E-state index contributed by atoms with van der Waals surface area (Å²) in [6.07, 6.45) is 2.92. The molecule has 0 aliphatic carbocycles. The summed E-state index contributed by atoms with van der Waals surface area (Å²) in [7, 11) is 0. The molecule has 1 heterocycles. The number of hydrogen-bond acceptors (Lipinski definition) is 3. The molecule has 4 nitrogen and oxygen atoms in total. The van der Waals surface area contributed by atoms with Crippen LogP contribution in [0.4, 0.5) is 0 Å². The second-order valence-electron chi connectivity index (χ2n) is 2.66. The summed E-state index contributed by atoms with van der Waals surface area (Å²) < 4.78 is 0. The molecule has 0 saturated heterocycles. The molecule has 0 saturated carbocycles. The lowest BCUT2D eigenvalue weighted by atomic mass is 10.0. The Hall–Kier alpha value is -1.71. The summed E-state index contributed by atoms with van der Waals surface area (Å²) in [5.74, 6) is -2.50. The molecule has 0 amide bonds. The fourth-order valence-corrected chi connectivity index (χ4v) is 0.878. The number of aliphatic carboxylic acids is 1. The van der Waals surface area contributed by atoms with Crippen molar-refractivity contribution in [1.82, 2.24) is 4.98 Å². The maximum absolute atomic E-state index is 11.4. The summed E-state index contributed by atoms with van der Waals surface area (Å²) in [4.78, 5) is 25.6. The van der Waals surface area contributed by atoms with E-state index in [9.17, 15) is 9.59 Å². The standard InChI is InChI=1S/C9H9NO3/c1-6(9(12)13)8(11)7-2-4-10-5-3-7/h2-6H,1H3,(H,12,13). The van der Waals surface area contributed by atoms with Crippen LogP contribution < -0.4 is 0 Å². The van der Waals surface area contributed by atoms with E-state index >= 15 is 0 Å². The molecular formula is C9H9NO3. The minimum Gasteiger partial charge on any atom is -0.481 e. The zero-order valence-electron chi connectivity index (χ0n) is 7.10. The first-order valence-corrected chi connectivity index (χ1v) is 3.80. The molecule has 1 aromatic heterocycles. The highest BCUT2D eigenvalue weighted by atomic mass is 16.4. The van der Waals surface area contributed by atoms with E-state index in [-0.39, 0.29) is 0 Å². The second-order valence-corrected chi connectivity index (χ2v) is 2.66. The molecule has 0 radical (unpaired) electrons. The van der Waals surface area contributed by atoms with Crippen LogP contribution in [0.1, 0.15) is 17.3 Å². The summed E-state index contributed by atoms with van der Waals surface area (Å²) in [5.41, 5.74) is 0.380. The number of aromatic nitrogens is 1. The number of carboxylic acid groups (broad SMARTS) is 1. The minimum atomic E-state index is -1.11. The van der Waals surface area contributed by atoms with Gasteiger partial charge in [-0.2, -0.15) is 0 Å². The normalized spacial score (nSPS) is 12.1. The highest BCUT2D eigenvalue weighted by molar-refractivity contribution is 6.07. The Bertz CT molecular complexity index is 321. The van der Waals surface area contributed by atoms with Crippen LogP contribution in [0.15, 0.2) is 24.5 Å². The Kier molecular flexibility index (Phi) is 2.74. The van der Waals surface area contributed by atoms with Crippen LogP contribution >= 0.6 is 0 Å². The van der Waals surface area contributed by atoms with Crippen molar-refractivity contribution in [3.8, 4) is 0 Å². The fourth-order valence-electron chi connectivity index (χ4n) is 0.878. The number of ketones is 1. The van der Waals surface area contributed by atoms with Crippen LogP contribution in [-0.2, 0) is 4.79 Å². The first-order chi connectivity index (χ1) is 6.13. The van der Waals surface area contributed by atoms with E-state index in [1.54, 1.807) is 0 Å². The molecule has 13 heavy (non-hydrogen) atoms. The topological polar surface area (TPSA) is 67.3 Å². The van der Waals surface area contributed by atoms with Crippen LogP contribution in [0.25, 0.3) is 0 Å². The average Bonchev–Trinajstić information content (AvgIpc) is 2.17. The van der Waals surface area contributed by atoms with Crippen molar-refractivity contribution in [2.45, 2.75) is 6.92 Å². The van der Waals surface area contributed by atoms with E-state index in [0.29, 0.717) is 5.56 Å². The van der Waals surface area contributed by atoms with E-state index in [2.05, 4.69) is 4.98 Å². The van der Waals surface area contributed by atoms with Crippen molar-refractivity contribution >= 4 is 11.8 Å². The van der Waals surface area contributed by atoms with Crippen molar-refractivity contribution in [2.75, 3.05) is 0 Å². The number of Topliss-reactive ketones (excluding diaryl/α,β-unsaturated/α-hetero) is 1. The molecule has 0 fully saturated rings. The number of carboxylic acids is 1. The third-order valence-corrected chi connectivity index (χ3v) is 1.73. The Balaban J connectivity index is 2.86. The molecule has 0 aliphatic rings. The van der Waals surface area contributed by atoms with Crippen molar-refractivity contribution in [3.63, 3.8) is 0 Å². The van der Waals surface area contributed by atoms with Gasteiger partial charge >= 0.3 is 5.97 Å². The van der Waals surface area contributed by atoms with Crippen molar-refractivity contribution in [1.29, 1.82) is 0 Å². The SMILES string of the molecule is CC(C(=O)O)C(=O)c1ccncc1. The Labute approximate surface area is 75.2 Å². The van der Waals surface area contributed by atoms with Gasteiger partial charge in [-0.25, -0.2) is 0 Å². The number of nitrogens with zero attached hydrogens (tertiary/aromatic N) is 1. The molecule has 68 valence electrons. The quantitative estimate of drug-likeness (QED) is 0.554. The summed E-state index contributed by atoms with van der Waals surface area (Å²) in [5, 5.41) is 8.58. The molecule has 0 spiro atoms. The molecule has 0 aromatic carbocycles. The van der Waals surface area contributed by atoms with Gasteiger partial charge in [-0.15, -0.1) is 0 Å². The Morgan fingerprint density at radius 2 is 1.92 bits per heavy atom.